The number of carboxylic acids is 1. The van der Waals surface area contributed by atoms with Crippen molar-refractivity contribution in [2.24, 2.45) is 5.92 Å². The largest absolute Gasteiger partial charge is 0.497 e. The number of methoxy groups -OCH3 is 1. The Hall–Kier alpha value is -3.13. The van der Waals surface area contributed by atoms with Crippen LogP contribution in [0.15, 0.2) is 48.5 Å². The number of carbonyl (C=O) groups excluding carboxylic acids is 1. The van der Waals surface area contributed by atoms with Gasteiger partial charge in [-0.15, -0.1) is 0 Å². The van der Waals surface area contributed by atoms with Crippen LogP contribution in [-0.2, 0) is 16.1 Å². The molecule has 0 aromatic heterocycles. The van der Waals surface area contributed by atoms with E-state index in [0.717, 1.165) is 5.56 Å². The summed E-state index contributed by atoms with van der Waals surface area (Å²) >= 11 is 0. The molecule has 3 N–H and O–H groups in total. The van der Waals surface area contributed by atoms with E-state index in [4.69, 9.17) is 4.74 Å². The van der Waals surface area contributed by atoms with Crippen LogP contribution in [-0.4, -0.2) is 52.8 Å². The maximum absolute atomic E-state index is 13.2. The smallest absolute Gasteiger partial charge is 0.323 e. The van der Waals surface area contributed by atoms with Crippen molar-refractivity contribution in [3.63, 3.8) is 0 Å². The summed E-state index contributed by atoms with van der Waals surface area (Å²) in [5, 5.41) is 23.1. The number of hydrogen-bond donors (Lipinski definition) is 3. The summed E-state index contributed by atoms with van der Waals surface area (Å²) in [6.45, 7) is -0.202. The number of carboxylic acid groups (broad SMARTS) is 1. The lowest BCUT2D eigenvalue weighted by atomic mass is 9.98. The van der Waals surface area contributed by atoms with Gasteiger partial charge in [-0.2, -0.15) is 0 Å². The molecule has 0 unspecified atom stereocenters. The van der Waals surface area contributed by atoms with Gasteiger partial charge in [0.1, 0.15) is 18.1 Å². The molecule has 32 heavy (non-hydrogen) atoms. The molecule has 3 atom stereocenters. The predicted molar refractivity (Wildman–Crippen MR) is 118 cm³/mol. The van der Waals surface area contributed by atoms with E-state index in [1.807, 2.05) is 0 Å². The third-order valence-corrected chi connectivity index (χ3v) is 5.82. The fraction of sp³-hybridized carbons (Fsp3) is 0.417. The summed E-state index contributed by atoms with van der Waals surface area (Å²) in [5.41, 5.74) is 1.51. The third-order valence-electron chi connectivity index (χ3n) is 5.82. The summed E-state index contributed by atoms with van der Waals surface area (Å²) in [7, 11) is 1.56. The first-order valence-corrected chi connectivity index (χ1v) is 10.7. The number of hydrogen-bond acceptors (Lipinski definition) is 5. The number of halogens is 1. The Kier molecular flexibility index (Phi) is 8.05. The van der Waals surface area contributed by atoms with Gasteiger partial charge in [-0.3, -0.25) is 9.59 Å². The van der Waals surface area contributed by atoms with Gasteiger partial charge in [0.2, 0.25) is 5.91 Å². The molecule has 7 nitrogen and oxygen atoms in total. The number of nitrogens with one attached hydrogen (secondary N) is 1. The molecule has 2 aromatic rings. The second kappa shape index (κ2) is 10.9. The van der Waals surface area contributed by atoms with Gasteiger partial charge in [-0.1, -0.05) is 12.1 Å². The number of nitrogens with zero attached hydrogens (tertiary/aromatic N) is 1. The molecule has 0 saturated heterocycles. The number of ether oxygens (including phenoxy) is 1. The van der Waals surface area contributed by atoms with Crippen molar-refractivity contribution < 1.29 is 28.9 Å². The molecule has 2 aromatic carbocycles. The van der Waals surface area contributed by atoms with Crippen molar-refractivity contribution in [2.45, 2.75) is 44.4 Å². The van der Waals surface area contributed by atoms with E-state index in [9.17, 15) is 24.2 Å². The first-order valence-electron chi connectivity index (χ1n) is 10.7. The molecule has 172 valence electrons. The van der Waals surface area contributed by atoms with Crippen molar-refractivity contribution in [2.75, 3.05) is 19.0 Å². The highest BCUT2D eigenvalue weighted by molar-refractivity contribution is 5.83. The van der Waals surface area contributed by atoms with Crippen LogP contribution in [0.3, 0.4) is 0 Å². The number of aliphatic hydroxyl groups excluding tert-OH is 1. The van der Waals surface area contributed by atoms with Crippen molar-refractivity contribution in [1.82, 2.24) is 4.90 Å². The van der Waals surface area contributed by atoms with E-state index in [-0.39, 0.29) is 36.8 Å². The highest BCUT2D eigenvalue weighted by Gasteiger charge is 2.32. The average Bonchev–Trinajstić information content (AvgIpc) is 2.96. The monoisotopic (exact) mass is 444 g/mol. The number of anilines is 1. The number of aliphatic carboxylic acids is 1. The molecule has 0 bridgehead atoms. The molecule has 0 heterocycles. The number of carbonyl (C=O) groups is 2. The summed E-state index contributed by atoms with van der Waals surface area (Å²) in [4.78, 5) is 26.0. The number of aliphatic hydroxyl groups is 1. The first-order chi connectivity index (χ1) is 15.4. The molecule has 0 radical (unpaired) electrons. The Labute approximate surface area is 186 Å². The van der Waals surface area contributed by atoms with Crippen LogP contribution in [0.2, 0.25) is 0 Å². The lowest BCUT2D eigenvalue weighted by molar-refractivity contribution is -0.147. The van der Waals surface area contributed by atoms with Gasteiger partial charge in [0, 0.05) is 18.2 Å². The van der Waals surface area contributed by atoms with Gasteiger partial charge in [-0.05, 0) is 67.6 Å². The van der Waals surface area contributed by atoms with E-state index in [0.29, 0.717) is 37.1 Å². The molecule has 1 saturated carbocycles. The first kappa shape index (κ1) is 23.5. The molecule has 1 aliphatic carbocycles. The normalized spacial score (nSPS) is 20.8. The molecular weight excluding hydrogens is 415 g/mol. The minimum absolute atomic E-state index is 0.186. The van der Waals surface area contributed by atoms with Crippen molar-refractivity contribution in [3.05, 3.63) is 59.9 Å². The maximum atomic E-state index is 13.2. The van der Waals surface area contributed by atoms with Crippen LogP contribution >= 0.6 is 0 Å². The Morgan fingerprint density at radius 1 is 1.06 bits per heavy atom. The van der Waals surface area contributed by atoms with E-state index in [1.165, 1.54) is 17.0 Å². The van der Waals surface area contributed by atoms with Gasteiger partial charge in [0.15, 0.2) is 0 Å². The zero-order valence-corrected chi connectivity index (χ0v) is 18.0. The van der Waals surface area contributed by atoms with Crippen molar-refractivity contribution in [3.8, 4) is 5.75 Å². The fourth-order valence-corrected chi connectivity index (χ4v) is 4.05. The predicted octanol–water partition coefficient (Wildman–Crippen LogP) is 3.28. The molecule has 8 heteroatoms. The van der Waals surface area contributed by atoms with E-state index < -0.39 is 12.1 Å². The van der Waals surface area contributed by atoms with Gasteiger partial charge in [0.05, 0.1) is 19.3 Å². The van der Waals surface area contributed by atoms with Crippen LogP contribution < -0.4 is 10.1 Å². The van der Waals surface area contributed by atoms with Crippen molar-refractivity contribution >= 4 is 17.6 Å². The zero-order valence-electron chi connectivity index (χ0n) is 18.0. The maximum Gasteiger partial charge on any atom is 0.323 e. The second-order valence-corrected chi connectivity index (χ2v) is 8.11. The lowest BCUT2D eigenvalue weighted by Gasteiger charge is -2.26. The Morgan fingerprint density at radius 2 is 1.72 bits per heavy atom. The van der Waals surface area contributed by atoms with E-state index in [1.54, 1.807) is 43.5 Å². The van der Waals surface area contributed by atoms with Crippen molar-refractivity contribution in [1.29, 1.82) is 0 Å². The lowest BCUT2D eigenvalue weighted by Crippen LogP contribution is -2.39. The van der Waals surface area contributed by atoms with Gasteiger partial charge < -0.3 is 25.2 Å². The topological polar surface area (TPSA) is 99.1 Å². The minimum Gasteiger partial charge on any atom is -0.497 e. The van der Waals surface area contributed by atoms with E-state index in [2.05, 4.69) is 5.32 Å². The van der Waals surface area contributed by atoms with Gasteiger partial charge >= 0.3 is 5.97 Å². The summed E-state index contributed by atoms with van der Waals surface area (Å²) in [6.07, 6.45) is 1.29. The minimum atomic E-state index is -1.07. The third kappa shape index (κ3) is 6.43. The Bertz CT molecular complexity index is 904. The van der Waals surface area contributed by atoms with Gasteiger partial charge in [0.25, 0.3) is 0 Å². The van der Waals surface area contributed by atoms with Gasteiger partial charge in [-0.25, -0.2) is 4.39 Å². The van der Waals surface area contributed by atoms with E-state index >= 15 is 0 Å². The molecule has 1 aliphatic rings. The molecule has 1 amide bonds. The second-order valence-electron chi connectivity index (χ2n) is 8.11. The summed E-state index contributed by atoms with van der Waals surface area (Å²) < 4.78 is 18.3. The zero-order chi connectivity index (χ0) is 23.1. The molecule has 3 rings (SSSR count). The molecule has 1 fully saturated rings. The van der Waals surface area contributed by atoms with Crippen LogP contribution in [0.1, 0.15) is 31.2 Å². The molecule has 0 aliphatic heterocycles. The Balaban J connectivity index is 1.66. The van der Waals surface area contributed by atoms with Crippen LogP contribution in [0.4, 0.5) is 10.1 Å². The molecule has 0 spiro atoms. The Morgan fingerprint density at radius 3 is 2.34 bits per heavy atom. The summed E-state index contributed by atoms with van der Waals surface area (Å²) in [6, 6.07) is 12.8. The quantitative estimate of drug-likeness (QED) is 0.541. The number of benzene rings is 2. The average molecular weight is 445 g/mol. The summed E-state index contributed by atoms with van der Waals surface area (Å²) in [5.74, 6) is -1.32. The standard InChI is InChI=1S/C24H29FN2O5/c1-32-20-10-2-16(3-11-20)14-27(15-23(29)30)24(31)17-4-12-21(22(28)13-5-17)26-19-8-6-18(25)7-9-19/h2-3,6-11,17,21-22,26,28H,4-5,12-15H2,1H3,(H,29,30)/t17-,21+,22+/m1/s1. The highest BCUT2D eigenvalue weighted by Crippen LogP contribution is 2.28. The SMILES string of the molecule is COc1ccc(CN(CC(=O)O)C(=O)[C@@H]2CC[C@H](Nc3ccc(F)cc3)[C@@H](O)CC2)cc1. The molecular formula is C24H29FN2O5. The van der Waals surface area contributed by atoms with Crippen LogP contribution in [0.25, 0.3) is 0 Å². The fourth-order valence-electron chi connectivity index (χ4n) is 4.05. The van der Waals surface area contributed by atoms with Crippen LogP contribution in [0, 0.1) is 11.7 Å². The number of rotatable bonds is 8. The van der Waals surface area contributed by atoms with Crippen LogP contribution in [0.5, 0.6) is 5.75 Å². The number of amides is 1. The highest BCUT2D eigenvalue weighted by atomic mass is 19.1.